The molecule has 1 N–H and O–H groups in total. The van der Waals surface area contributed by atoms with E-state index >= 15 is 0 Å². The number of ether oxygens (including phenoxy) is 1. The van der Waals surface area contributed by atoms with Gasteiger partial charge in [0.05, 0.1) is 7.11 Å². The number of methoxy groups -OCH3 is 1. The molecular weight excluding hydrogens is 304 g/mol. The molecule has 1 aliphatic heterocycles. The van der Waals surface area contributed by atoms with Crippen LogP contribution in [0, 0.1) is 5.92 Å². The average molecular weight is 332 g/mol. The Morgan fingerprint density at radius 2 is 2.04 bits per heavy atom. The Bertz CT molecular complexity index is 551. The van der Waals surface area contributed by atoms with Gasteiger partial charge in [0, 0.05) is 32.0 Å². The van der Waals surface area contributed by atoms with Crippen LogP contribution >= 0.6 is 0 Å². The molecule has 0 radical (unpaired) electrons. The SMILES string of the molecule is CCCC(=O)N1CCC(C(=O)NCCc2cccc(OC)c2)CC1. The molecule has 1 heterocycles. The largest absolute Gasteiger partial charge is 0.497 e. The van der Waals surface area contributed by atoms with Crippen LogP contribution in [0.3, 0.4) is 0 Å². The molecule has 0 saturated carbocycles. The predicted octanol–water partition coefficient (Wildman–Crippen LogP) is 2.39. The second kappa shape index (κ2) is 9.30. The third kappa shape index (κ3) is 5.25. The highest BCUT2D eigenvalue weighted by Crippen LogP contribution is 2.18. The zero-order chi connectivity index (χ0) is 17.4. The Labute approximate surface area is 144 Å². The van der Waals surface area contributed by atoms with Gasteiger partial charge < -0.3 is 15.0 Å². The molecule has 0 aliphatic carbocycles. The Hall–Kier alpha value is -2.04. The highest BCUT2D eigenvalue weighted by Gasteiger charge is 2.26. The van der Waals surface area contributed by atoms with Gasteiger partial charge in [-0.15, -0.1) is 0 Å². The van der Waals surface area contributed by atoms with E-state index in [9.17, 15) is 9.59 Å². The van der Waals surface area contributed by atoms with Crippen molar-refractivity contribution in [1.82, 2.24) is 10.2 Å². The number of piperidine rings is 1. The minimum atomic E-state index is 0.0287. The van der Waals surface area contributed by atoms with Crippen LogP contribution < -0.4 is 10.1 Å². The third-order valence-corrected chi connectivity index (χ3v) is 4.53. The Kier molecular flexibility index (Phi) is 7.09. The van der Waals surface area contributed by atoms with Gasteiger partial charge in [0.1, 0.15) is 5.75 Å². The molecule has 0 bridgehead atoms. The van der Waals surface area contributed by atoms with Gasteiger partial charge in [0.15, 0.2) is 0 Å². The molecule has 0 atom stereocenters. The third-order valence-electron chi connectivity index (χ3n) is 4.53. The summed E-state index contributed by atoms with van der Waals surface area (Å²) in [5, 5.41) is 3.02. The minimum Gasteiger partial charge on any atom is -0.497 e. The van der Waals surface area contributed by atoms with E-state index in [1.807, 2.05) is 36.1 Å². The van der Waals surface area contributed by atoms with Crippen molar-refractivity contribution < 1.29 is 14.3 Å². The number of hydrogen-bond acceptors (Lipinski definition) is 3. The first-order chi connectivity index (χ1) is 11.6. The Balaban J connectivity index is 1.71. The zero-order valence-corrected chi connectivity index (χ0v) is 14.7. The number of carbonyl (C=O) groups excluding carboxylic acids is 2. The molecule has 2 rings (SSSR count). The summed E-state index contributed by atoms with van der Waals surface area (Å²) in [6.45, 7) is 4.04. The number of benzene rings is 1. The van der Waals surface area contributed by atoms with Crippen LogP contribution in [0.5, 0.6) is 5.75 Å². The molecule has 1 aliphatic rings. The van der Waals surface area contributed by atoms with Crippen molar-refractivity contribution >= 4 is 11.8 Å². The van der Waals surface area contributed by atoms with Gasteiger partial charge in [0.25, 0.3) is 0 Å². The normalized spacial score (nSPS) is 15.2. The summed E-state index contributed by atoms with van der Waals surface area (Å²) in [4.78, 5) is 26.0. The van der Waals surface area contributed by atoms with Crippen molar-refractivity contribution in [3.05, 3.63) is 29.8 Å². The molecule has 132 valence electrons. The molecule has 1 fully saturated rings. The number of amides is 2. The fourth-order valence-electron chi connectivity index (χ4n) is 3.07. The predicted molar refractivity (Wildman–Crippen MR) is 93.9 cm³/mol. The van der Waals surface area contributed by atoms with Crippen molar-refractivity contribution in [2.45, 2.75) is 39.0 Å². The number of carbonyl (C=O) groups is 2. The van der Waals surface area contributed by atoms with Gasteiger partial charge in [-0.2, -0.15) is 0 Å². The summed E-state index contributed by atoms with van der Waals surface area (Å²) in [5.74, 6) is 1.19. The number of likely N-dealkylation sites (tertiary alicyclic amines) is 1. The lowest BCUT2D eigenvalue weighted by atomic mass is 9.95. The van der Waals surface area contributed by atoms with Crippen LogP contribution in [0.2, 0.25) is 0 Å². The molecular formula is C19H28N2O3. The monoisotopic (exact) mass is 332 g/mol. The molecule has 1 saturated heterocycles. The first-order valence-corrected chi connectivity index (χ1v) is 8.82. The zero-order valence-electron chi connectivity index (χ0n) is 14.7. The summed E-state index contributed by atoms with van der Waals surface area (Å²) in [6.07, 6.45) is 3.80. The maximum absolute atomic E-state index is 12.3. The molecule has 0 unspecified atom stereocenters. The van der Waals surface area contributed by atoms with Crippen LogP contribution in [0.4, 0.5) is 0 Å². The lowest BCUT2D eigenvalue weighted by Gasteiger charge is -2.31. The van der Waals surface area contributed by atoms with E-state index in [1.54, 1.807) is 7.11 Å². The van der Waals surface area contributed by atoms with Crippen molar-refractivity contribution in [2.75, 3.05) is 26.7 Å². The van der Waals surface area contributed by atoms with Gasteiger partial charge in [-0.25, -0.2) is 0 Å². The van der Waals surface area contributed by atoms with E-state index in [2.05, 4.69) is 5.32 Å². The van der Waals surface area contributed by atoms with E-state index in [4.69, 9.17) is 4.74 Å². The molecule has 5 heteroatoms. The van der Waals surface area contributed by atoms with Crippen molar-refractivity contribution in [3.8, 4) is 5.75 Å². The molecule has 1 aromatic carbocycles. The summed E-state index contributed by atoms with van der Waals surface area (Å²) in [7, 11) is 1.65. The maximum Gasteiger partial charge on any atom is 0.223 e. The number of hydrogen-bond donors (Lipinski definition) is 1. The highest BCUT2D eigenvalue weighted by atomic mass is 16.5. The van der Waals surface area contributed by atoms with E-state index in [1.165, 1.54) is 0 Å². The highest BCUT2D eigenvalue weighted by molar-refractivity contribution is 5.80. The quantitative estimate of drug-likeness (QED) is 0.834. The topological polar surface area (TPSA) is 58.6 Å². The van der Waals surface area contributed by atoms with Crippen LogP contribution in [0.25, 0.3) is 0 Å². The number of rotatable bonds is 7. The Morgan fingerprint density at radius 1 is 1.29 bits per heavy atom. The van der Waals surface area contributed by atoms with Crippen molar-refractivity contribution in [2.24, 2.45) is 5.92 Å². The van der Waals surface area contributed by atoms with E-state index in [-0.39, 0.29) is 17.7 Å². The van der Waals surface area contributed by atoms with Gasteiger partial charge in [0.2, 0.25) is 11.8 Å². The lowest BCUT2D eigenvalue weighted by molar-refractivity contribution is -0.135. The van der Waals surface area contributed by atoms with E-state index in [0.717, 1.165) is 37.0 Å². The molecule has 2 amide bonds. The summed E-state index contributed by atoms with van der Waals surface area (Å²) >= 11 is 0. The van der Waals surface area contributed by atoms with Crippen LogP contribution in [-0.2, 0) is 16.0 Å². The van der Waals surface area contributed by atoms with Crippen molar-refractivity contribution in [3.63, 3.8) is 0 Å². The van der Waals surface area contributed by atoms with Gasteiger partial charge in [-0.05, 0) is 43.4 Å². The first-order valence-electron chi connectivity index (χ1n) is 8.82. The van der Waals surface area contributed by atoms with Gasteiger partial charge >= 0.3 is 0 Å². The summed E-state index contributed by atoms with van der Waals surface area (Å²) in [5.41, 5.74) is 1.15. The summed E-state index contributed by atoms with van der Waals surface area (Å²) < 4.78 is 5.20. The van der Waals surface area contributed by atoms with E-state index < -0.39 is 0 Å². The van der Waals surface area contributed by atoms with Crippen LogP contribution in [-0.4, -0.2) is 43.5 Å². The minimum absolute atomic E-state index is 0.0287. The lowest BCUT2D eigenvalue weighted by Crippen LogP contribution is -2.43. The molecule has 1 aromatic rings. The maximum atomic E-state index is 12.3. The van der Waals surface area contributed by atoms with Crippen LogP contribution in [0.1, 0.15) is 38.2 Å². The van der Waals surface area contributed by atoms with Crippen molar-refractivity contribution in [1.29, 1.82) is 0 Å². The smallest absolute Gasteiger partial charge is 0.223 e. The second-order valence-electron chi connectivity index (χ2n) is 6.30. The number of nitrogens with one attached hydrogen (secondary N) is 1. The summed E-state index contributed by atoms with van der Waals surface area (Å²) in [6, 6.07) is 7.89. The fourth-order valence-corrected chi connectivity index (χ4v) is 3.07. The van der Waals surface area contributed by atoms with E-state index in [0.29, 0.717) is 26.1 Å². The van der Waals surface area contributed by atoms with Gasteiger partial charge in [-0.1, -0.05) is 19.1 Å². The Morgan fingerprint density at radius 3 is 2.71 bits per heavy atom. The number of nitrogens with zero attached hydrogens (tertiary/aromatic N) is 1. The molecule has 24 heavy (non-hydrogen) atoms. The second-order valence-corrected chi connectivity index (χ2v) is 6.30. The average Bonchev–Trinajstić information content (AvgIpc) is 2.62. The first kappa shape index (κ1) is 18.3. The van der Waals surface area contributed by atoms with Crippen LogP contribution in [0.15, 0.2) is 24.3 Å². The molecule has 0 spiro atoms. The molecule has 5 nitrogen and oxygen atoms in total. The van der Waals surface area contributed by atoms with Gasteiger partial charge in [-0.3, -0.25) is 9.59 Å². The fraction of sp³-hybridized carbons (Fsp3) is 0.579. The standard InChI is InChI=1S/C19H28N2O3/c1-3-5-18(22)21-12-9-16(10-13-21)19(23)20-11-8-15-6-4-7-17(14-15)24-2/h4,6-7,14,16H,3,5,8-13H2,1-2H3,(H,20,23). The molecule has 0 aromatic heterocycles.